The molecule has 0 aliphatic heterocycles. The Morgan fingerprint density at radius 1 is 1.39 bits per heavy atom. The predicted molar refractivity (Wildman–Crippen MR) is 75.7 cm³/mol. The number of aliphatic hydroxyl groups is 1. The van der Waals surface area contributed by atoms with Crippen molar-refractivity contribution < 1.29 is 9.84 Å². The number of anilines is 1. The van der Waals surface area contributed by atoms with Gasteiger partial charge < -0.3 is 15.2 Å². The van der Waals surface area contributed by atoms with Crippen LogP contribution in [-0.2, 0) is 0 Å². The molecule has 1 aromatic carbocycles. The van der Waals surface area contributed by atoms with Crippen LogP contribution in [0.5, 0.6) is 5.75 Å². The van der Waals surface area contributed by atoms with Gasteiger partial charge in [-0.3, -0.25) is 4.98 Å². The third-order valence-electron chi connectivity index (χ3n) is 2.56. The Hall–Kier alpha value is -1.52. The minimum absolute atomic E-state index is 0. The number of ether oxygens (including phenoxy) is 1. The molecule has 2 rings (SSSR count). The van der Waals surface area contributed by atoms with E-state index in [2.05, 4.69) is 10.3 Å². The molecular weight excluding hydrogens is 252 g/mol. The van der Waals surface area contributed by atoms with Crippen LogP contribution in [0.3, 0.4) is 0 Å². The quantitative estimate of drug-likeness (QED) is 0.818. The van der Waals surface area contributed by atoms with Crippen LogP contribution in [0, 0.1) is 0 Å². The summed E-state index contributed by atoms with van der Waals surface area (Å²) in [7, 11) is 1.65. The molecule has 2 N–H and O–H groups in total. The second kappa shape index (κ2) is 7.03. The molecule has 0 aliphatic carbocycles. The number of nitrogens with one attached hydrogen (secondary N) is 1. The smallest absolute Gasteiger partial charge is 0.121 e. The van der Waals surface area contributed by atoms with E-state index in [0.29, 0.717) is 6.42 Å². The van der Waals surface area contributed by atoms with Crippen LogP contribution in [0.4, 0.5) is 5.69 Å². The van der Waals surface area contributed by atoms with E-state index in [4.69, 9.17) is 9.84 Å². The number of halogens is 1. The number of fused-ring (bicyclic) bond motifs is 1. The minimum atomic E-state index is 0. The second-order valence-corrected chi connectivity index (χ2v) is 3.75. The fraction of sp³-hybridized carbons (Fsp3) is 0.308. The summed E-state index contributed by atoms with van der Waals surface area (Å²) < 4.78 is 5.25. The summed E-state index contributed by atoms with van der Waals surface area (Å²) in [6, 6.07) is 7.79. The molecule has 5 heteroatoms. The molecule has 0 bridgehead atoms. The van der Waals surface area contributed by atoms with E-state index in [9.17, 15) is 0 Å². The highest BCUT2D eigenvalue weighted by Crippen LogP contribution is 2.27. The van der Waals surface area contributed by atoms with Gasteiger partial charge in [0.2, 0.25) is 0 Å². The molecular formula is C13H17ClN2O2. The van der Waals surface area contributed by atoms with E-state index in [0.717, 1.165) is 28.9 Å². The summed E-state index contributed by atoms with van der Waals surface area (Å²) >= 11 is 0. The zero-order valence-corrected chi connectivity index (χ0v) is 11.0. The third-order valence-corrected chi connectivity index (χ3v) is 2.56. The lowest BCUT2D eigenvalue weighted by Gasteiger charge is -2.10. The van der Waals surface area contributed by atoms with Crippen molar-refractivity contribution >= 4 is 29.0 Å². The lowest BCUT2D eigenvalue weighted by atomic mass is 10.1. The Bertz CT molecular complexity index is 505. The van der Waals surface area contributed by atoms with Gasteiger partial charge >= 0.3 is 0 Å². The van der Waals surface area contributed by atoms with Crippen LogP contribution in [0.2, 0.25) is 0 Å². The molecule has 0 radical (unpaired) electrons. The molecule has 2 aromatic rings. The van der Waals surface area contributed by atoms with E-state index >= 15 is 0 Å². The number of methoxy groups -OCH3 is 1. The summed E-state index contributed by atoms with van der Waals surface area (Å²) in [6.45, 7) is 0.900. The van der Waals surface area contributed by atoms with E-state index in [-0.39, 0.29) is 19.0 Å². The number of hydrogen-bond donors (Lipinski definition) is 2. The van der Waals surface area contributed by atoms with Crippen molar-refractivity contribution in [2.24, 2.45) is 0 Å². The average molecular weight is 269 g/mol. The highest BCUT2D eigenvalue weighted by Gasteiger charge is 2.04. The molecule has 1 aromatic heterocycles. The summed E-state index contributed by atoms with van der Waals surface area (Å²) in [6.07, 6.45) is 2.48. The van der Waals surface area contributed by atoms with Crippen molar-refractivity contribution in [2.75, 3.05) is 25.6 Å². The monoisotopic (exact) mass is 268 g/mol. The van der Waals surface area contributed by atoms with Crippen molar-refractivity contribution in [2.45, 2.75) is 6.42 Å². The zero-order chi connectivity index (χ0) is 12.1. The first-order valence-corrected chi connectivity index (χ1v) is 5.62. The van der Waals surface area contributed by atoms with Gasteiger partial charge in [0.1, 0.15) is 5.75 Å². The summed E-state index contributed by atoms with van der Waals surface area (Å²) in [5.41, 5.74) is 1.86. The summed E-state index contributed by atoms with van der Waals surface area (Å²) in [5, 5.41) is 13.1. The summed E-state index contributed by atoms with van der Waals surface area (Å²) in [5.74, 6) is 0.803. The summed E-state index contributed by atoms with van der Waals surface area (Å²) in [4.78, 5) is 4.35. The Morgan fingerprint density at radius 3 is 2.94 bits per heavy atom. The molecule has 0 atom stereocenters. The van der Waals surface area contributed by atoms with Gasteiger partial charge in [0.25, 0.3) is 0 Å². The molecule has 0 aliphatic rings. The number of rotatable bonds is 5. The van der Waals surface area contributed by atoms with Gasteiger partial charge in [-0.15, -0.1) is 12.4 Å². The second-order valence-electron chi connectivity index (χ2n) is 3.75. The van der Waals surface area contributed by atoms with Gasteiger partial charge in [0, 0.05) is 30.8 Å². The Labute approximate surface area is 112 Å². The average Bonchev–Trinajstić information content (AvgIpc) is 2.38. The van der Waals surface area contributed by atoms with Crippen molar-refractivity contribution in [3.05, 3.63) is 30.5 Å². The van der Waals surface area contributed by atoms with Crippen LogP contribution in [0.25, 0.3) is 10.9 Å². The molecule has 18 heavy (non-hydrogen) atoms. The zero-order valence-electron chi connectivity index (χ0n) is 10.2. The van der Waals surface area contributed by atoms with E-state index in [1.54, 1.807) is 13.3 Å². The predicted octanol–water partition coefficient (Wildman–Crippen LogP) is 2.46. The maximum absolute atomic E-state index is 8.78. The van der Waals surface area contributed by atoms with E-state index < -0.39 is 0 Å². The Morgan fingerprint density at radius 2 is 2.22 bits per heavy atom. The molecule has 98 valence electrons. The standard InChI is InChI=1S/C13H16N2O2.ClH/c1-17-11-8-10-4-2-5-15-13(10)12(9-11)14-6-3-7-16;/h2,4-5,8-9,14,16H,3,6-7H2,1H3;1H. The highest BCUT2D eigenvalue weighted by molar-refractivity contribution is 5.91. The third kappa shape index (κ3) is 3.24. The largest absolute Gasteiger partial charge is 0.497 e. The molecule has 0 saturated carbocycles. The van der Waals surface area contributed by atoms with Crippen LogP contribution in [-0.4, -0.2) is 30.4 Å². The number of pyridine rings is 1. The van der Waals surface area contributed by atoms with Crippen molar-refractivity contribution in [3.8, 4) is 5.75 Å². The first-order valence-electron chi connectivity index (χ1n) is 5.62. The van der Waals surface area contributed by atoms with Crippen LogP contribution < -0.4 is 10.1 Å². The molecule has 0 spiro atoms. The maximum atomic E-state index is 8.78. The topological polar surface area (TPSA) is 54.4 Å². The molecule has 0 amide bonds. The first-order chi connectivity index (χ1) is 8.35. The SMILES string of the molecule is COc1cc(NCCCO)c2ncccc2c1.Cl. The first kappa shape index (κ1) is 14.5. The molecule has 0 unspecified atom stereocenters. The number of aliphatic hydroxyl groups excluding tert-OH is 1. The molecule has 0 fully saturated rings. The number of benzene rings is 1. The van der Waals surface area contributed by atoms with Gasteiger partial charge in [-0.25, -0.2) is 0 Å². The number of aromatic nitrogens is 1. The van der Waals surface area contributed by atoms with Gasteiger partial charge in [-0.2, -0.15) is 0 Å². The van der Waals surface area contributed by atoms with Gasteiger partial charge in [0.15, 0.2) is 0 Å². The number of nitrogens with zero attached hydrogens (tertiary/aromatic N) is 1. The minimum Gasteiger partial charge on any atom is -0.497 e. The highest BCUT2D eigenvalue weighted by atomic mass is 35.5. The van der Waals surface area contributed by atoms with Gasteiger partial charge in [-0.05, 0) is 18.6 Å². The Balaban J connectivity index is 0.00000162. The lowest BCUT2D eigenvalue weighted by molar-refractivity contribution is 0.292. The van der Waals surface area contributed by atoms with Crippen LogP contribution in [0.15, 0.2) is 30.5 Å². The van der Waals surface area contributed by atoms with E-state index in [1.807, 2.05) is 24.3 Å². The normalized spacial score (nSPS) is 9.89. The van der Waals surface area contributed by atoms with Gasteiger partial charge in [0.05, 0.1) is 18.3 Å². The van der Waals surface area contributed by atoms with Crippen LogP contribution >= 0.6 is 12.4 Å². The van der Waals surface area contributed by atoms with Crippen LogP contribution in [0.1, 0.15) is 6.42 Å². The number of hydrogen-bond acceptors (Lipinski definition) is 4. The lowest BCUT2D eigenvalue weighted by Crippen LogP contribution is -2.04. The Kier molecular flexibility index (Phi) is 5.68. The van der Waals surface area contributed by atoms with Gasteiger partial charge in [-0.1, -0.05) is 6.07 Å². The van der Waals surface area contributed by atoms with E-state index in [1.165, 1.54) is 0 Å². The fourth-order valence-electron chi connectivity index (χ4n) is 1.72. The van der Waals surface area contributed by atoms with Crippen molar-refractivity contribution in [1.82, 2.24) is 4.98 Å². The molecule has 4 nitrogen and oxygen atoms in total. The van der Waals surface area contributed by atoms with Crippen molar-refractivity contribution in [1.29, 1.82) is 0 Å². The fourth-order valence-corrected chi connectivity index (χ4v) is 1.72. The molecule has 0 saturated heterocycles. The maximum Gasteiger partial charge on any atom is 0.121 e. The van der Waals surface area contributed by atoms with Crippen molar-refractivity contribution in [3.63, 3.8) is 0 Å². The molecule has 1 heterocycles.